The highest BCUT2D eigenvalue weighted by Gasteiger charge is 2.46. The summed E-state index contributed by atoms with van der Waals surface area (Å²) >= 11 is 0. The third-order valence-corrected chi connectivity index (χ3v) is 5.01. The van der Waals surface area contributed by atoms with Crippen LogP contribution < -0.4 is 5.32 Å². The number of nitrogens with zero attached hydrogens (tertiary/aromatic N) is 1. The number of amides is 1. The quantitative estimate of drug-likeness (QED) is 0.742. The zero-order valence-corrected chi connectivity index (χ0v) is 11.8. The molecule has 3 rings (SSSR count). The highest BCUT2D eigenvalue weighted by molar-refractivity contribution is 5.71. The molecule has 1 amide bonds. The normalized spacial score (nSPS) is 34.1. The van der Waals surface area contributed by atoms with Crippen molar-refractivity contribution in [1.82, 2.24) is 10.2 Å². The Kier molecular flexibility index (Phi) is 3.96. The molecule has 1 unspecified atom stereocenters. The van der Waals surface area contributed by atoms with Crippen LogP contribution in [0.25, 0.3) is 0 Å². The third kappa shape index (κ3) is 2.88. The van der Waals surface area contributed by atoms with Crippen LogP contribution in [0.1, 0.15) is 57.8 Å². The third-order valence-electron chi connectivity index (χ3n) is 5.01. The van der Waals surface area contributed by atoms with Crippen molar-refractivity contribution in [1.29, 1.82) is 0 Å². The first-order valence-corrected chi connectivity index (χ1v) is 7.99. The number of carbonyl (C=O) groups excluding carboxylic acids is 1. The molecule has 4 heteroatoms. The second kappa shape index (κ2) is 5.70. The van der Waals surface area contributed by atoms with E-state index in [0.29, 0.717) is 6.04 Å². The number of carbonyl (C=O) groups is 1. The molecule has 0 radical (unpaired) electrons. The molecule has 19 heavy (non-hydrogen) atoms. The molecule has 1 spiro atoms. The van der Waals surface area contributed by atoms with Gasteiger partial charge in [-0.25, -0.2) is 4.79 Å². The topological polar surface area (TPSA) is 41.6 Å². The highest BCUT2D eigenvalue weighted by Crippen LogP contribution is 2.35. The standard InChI is InChI=1S/C15H26N2O2/c18-14-17(13-6-3-1-2-4-7-13)12-15(19-14)8-5-10-16-11-9-15/h13,16H,1-12H2. The van der Waals surface area contributed by atoms with E-state index in [2.05, 4.69) is 10.2 Å². The van der Waals surface area contributed by atoms with Crippen LogP contribution in [0.2, 0.25) is 0 Å². The van der Waals surface area contributed by atoms with Crippen molar-refractivity contribution < 1.29 is 9.53 Å². The van der Waals surface area contributed by atoms with Gasteiger partial charge in [-0.15, -0.1) is 0 Å². The summed E-state index contributed by atoms with van der Waals surface area (Å²) in [4.78, 5) is 14.3. The molecular formula is C15H26N2O2. The maximum Gasteiger partial charge on any atom is 0.410 e. The van der Waals surface area contributed by atoms with Crippen molar-refractivity contribution in [3.63, 3.8) is 0 Å². The summed E-state index contributed by atoms with van der Waals surface area (Å²) in [7, 11) is 0. The first-order chi connectivity index (χ1) is 9.29. The summed E-state index contributed by atoms with van der Waals surface area (Å²) in [6.45, 7) is 2.87. The fourth-order valence-electron chi connectivity index (χ4n) is 3.86. The Labute approximate surface area is 115 Å². The summed E-state index contributed by atoms with van der Waals surface area (Å²) in [5.74, 6) is 0. The van der Waals surface area contributed by atoms with E-state index in [1.165, 1.54) is 38.5 Å². The summed E-state index contributed by atoms with van der Waals surface area (Å²) in [6, 6.07) is 0.436. The number of nitrogens with one attached hydrogen (secondary N) is 1. The molecule has 2 aliphatic heterocycles. The molecule has 1 atom stereocenters. The highest BCUT2D eigenvalue weighted by atomic mass is 16.6. The number of hydrogen-bond donors (Lipinski definition) is 1. The molecule has 0 bridgehead atoms. The second-order valence-corrected chi connectivity index (χ2v) is 6.43. The van der Waals surface area contributed by atoms with E-state index < -0.39 is 0 Å². The summed E-state index contributed by atoms with van der Waals surface area (Å²) in [6.07, 6.45) is 10.6. The van der Waals surface area contributed by atoms with E-state index in [-0.39, 0.29) is 11.7 Å². The summed E-state index contributed by atoms with van der Waals surface area (Å²) in [5, 5.41) is 3.41. The first-order valence-electron chi connectivity index (χ1n) is 7.99. The van der Waals surface area contributed by atoms with Crippen LogP contribution >= 0.6 is 0 Å². The lowest BCUT2D eigenvalue weighted by atomic mass is 9.94. The van der Waals surface area contributed by atoms with Crippen molar-refractivity contribution >= 4 is 6.09 Å². The van der Waals surface area contributed by atoms with Crippen molar-refractivity contribution in [2.75, 3.05) is 19.6 Å². The van der Waals surface area contributed by atoms with Gasteiger partial charge < -0.3 is 15.0 Å². The Morgan fingerprint density at radius 3 is 2.63 bits per heavy atom. The monoisotopic (exact) mass is 266 g/mol. The van der Waals surface area contributed by atoms with Crippen LogP contribution in [0.3, 0.4) is 0 Å². The zero-order valence-electron chi connectivity index (χ0n) is 11.8. The van der Waals surface area contributed by atoms with Gasteiger partial charge in [-0.3, -0.25) is 0 Å². The van der Waals surface area contributed by atoms with E-state index in [1.807, 2.05) is 0 Å². The molecule has 2 saturated heterocycles. The van der Waals surface area contributed by atoms with Gasteiger partial charge in [0.05, 0.1) is 6.54 Å². The Hall–Kier alpha value is -0.770. The average molecular weight is 266 g/mol. The first kappa shape index (κ1) is 13.2. The van der Waals surface area contributed by atoms with E-state index in [0.717, 1.165) is 38.9 Å². The average Bonchev–Trinajstić information content (AvgIpc) is 2.65. The molecule has 1 N–H and O–H groups in total. The molecule has 3 aliphatic rings. The largest absolute Gasteiger partial charge is 0.441 e. The molecule has 0 aromatic carbocycles. The zero-order chi connectivity index (χ0) is 13.1. The fraction of sp³-hybridized carbons (Fsp3) is 0.933. The number of hydrogen-bond acceptors (Lipinski definition) is 3. The lowest BCUT2D eigenvalue weighted by Gasteiger charge is -2.27. The van der Waals surface area contributed by atoms with Crippen LogP contribution in [0.15, 0.2) is 0 Å². The lowest BCUT2D eigenvalue weighted by molar-refractivity contribution is 0.0469. The van der Waals surface area contributed by atoms with E-state index in [9.17, 15) is 4.79 Å². The predicted octanol–water partition coefficient (Wildman–Crippen LogP) is 2.67. The van der Waals surface area contributed by atoms with Gasteiger partial charge in [0.25, 0.3) is 0 Å². The molecule has 0 aromatic heterocycles. The SMILES string of the molecule is O=C1OC2(CCCNCC2)CN1C1CCCCCC1. The molecule has 3 fully saturated rings. The van der Waals surface area contributed by atoms with Crippen molar-refractivity contribution in [3.05, 3.63) is 0 Å². The molecule has 0 aromatic rings. The Balaban J connectivity index is 1.68. The molecule has 108 valence electrons. The minimum Gasteiger partial charge on any atom is -0.441 e. The molecule has 1 aliphatic carbocycles. The van der Waals surface area contributed by atoms with Gasteiger partial charge in [-0.05, 0) is 38.8 Å². The van der Waals surface area contributed by atoms with E-state index >= 15 is 0 Å². The van der Waals surface area contributed by atoms with Crippen LogP contribution in [-0.4, -0.2) is 42.3 Å². The van der Waals surface area contributed by atoms with Gasteiger partial charge in [0.1, 0.15) is 5.60 Å². The Morgan fingerprint density at radius 2 is 1.84 bits per heavy atom. The predicted molar refractivity (Wildman–Crippen MR) is 74.1 cm³/mol. The smallest absolute Gasteiger partial charge is 0.410 e. The van der Waals surface area contributed by atoms with Crippen molar-refractivity contribution in [3.8, 4) is 0 Å². The van der Waals surface area contributed by atoms with E-state index in [4.69, 9.17) is 4.74 Å². The van der Waals surface area contributed by atoms with Crippen LogP contribution in [0, 0.1) is 0 Å². The minimum atomic E-state index is -0.188. The van der Waals surface area contributed by atoms with Gasteiger partial charge in [-0.1, -0.05) is 25.7 Å². The lowest BCUT2D eigenvalue weighted by Crippen LogP contribution is -2.39. The molecular weight excluding hydrogens is 240 g/mol. The number of rotatable bonds is 1. The summed E-state index contributed by atoms with van der Waals surface area (Å²) in [5.41, 5.74) is -0.188. The van der Waals surface area contributed by atoms with Gasteiger partial charge in [0, 0.05) is 12.5 Å². The van der Waals surface area contributed by atoms with E-state index in [1.54, 1.807) is 0 Å². The second-order valence-electron chi connectivity index (χ2n) is 6.43. The van der Waals surface area contributed by atoms with Crippen LogP contribution in [-0.2, 0) is 4.74 Å². The Morgan fingerprint density at radius 1 is 1.05 bits per heavy atom. The minimum absolute atomic E-state index is 0.0474. The number of ether oxygens (including phenoxy) is 1. The molecule has 2 heterocycles. The van der Waals surface area contributed by atoms with Gasteiger partial charge >= 0.3 is 6.09 Å². The maximum atomic E-state index is 12.3. The van der Waals surface area contributed by atoms with Gasteiger partial charge in [-0.2, -0.15) is 0 Å². The van der Waals surface area contributed by atoms with Crippen molar-refractivity contribution in [2.45, 2.75) is 69.4 Å². The fourth-order valence-corrected chi connectivity index (χ4v) is 3.86. The summed E-state index contributed by atoms with van der Waals surface area (Å²) < 4.78 is 5.82. The van der Waals surface area contributed by atoms with Crippen LogP contribution in [0.5, 0.6) is 0 Å². The van der Waals surface area contributed by atoms with Crippen molar-refractivity contribution in [2.24, 2.45) is 0 Å². The van der Waals surface area contributed by atoms with Crippen LogP contribution in [0.4, 0.5) is 4.79 Å². The van der Waals surface area contributed by atoms with Gasteiger partial charge in [0.2, 0.25) is 0 Å². The molecule has 4 nitrogen and oxygen atoms in total. The molecule has 1 saturated carbocycles. The van der Waals surface area contributed by atoms with Gasteiger partial charge in [0.15, 0.2) is 0 Å². The Bertz CT molecular complexity index is 316. The maximum absolute atomic E-state index is 12.3.